The quantitative estimate of drug-likeness (QED) is 0.882. The predicted octanol–water partition coefficient (Wildman–Crippen LogP) is 2.30. The molecule has 24 heavy (non-hydrogen) atoms. The number of aliphatic hydroxyl groups is 1. The largest absolute Gasteiger partial charge is 0.478 e. The minimum Gasteiger partial charge on any atom is -0.478 e. The predicted molar refractivity (Wildman–Crippen MR) is 90.0 cm³/mol. The van der Waals surface area contributed by atoms with Crippen LogP contribution in [0.2, 0.25) is 0 Å². The van der Waals surface area contributed by atoms with Gasteiger partial charge >= 0.3 is 5.97 Å². The smallest absolute Gasteiger partial charge is 0.335 e. The second-order valence-electron chi connectivity index (χ2n) is 5.96. The molecule has 1 saturated heterocycles. The van der Waals surface area contributed by atoms with Gasteiger partial charge in [0.15, 0.2) is 0 Å². The Balaban J connectivity index is 1.66. The van der Waals surface area contributed by atoms with Gasteiger partial charge in [0, 0.05) is 19.6 Å². The van der Waals surface area contributed by atoms with E-state index in [1.54, 1.807) is 12.1 Å². The van der Waals surface area contributed by atoms with Gasteiger partial charge in [0.1, 0.15) is 6.10 Å². The molecule has 0 saturated carbocycles. The van der Waals surface area contributed by atoms with Gasteiger partial charge in [-0.05, 0) is 28.8 Å². The van der Waals surface area contributed by atoms with Gasteiger partial charge in [0.25, 0.3) is 0 Å². The molecule has 1 fully saturated rings. The molecule has 2 aromatic carbocycles. The van der Waals surface area contributed by atoms with Crippen LogP contribution in [0.5, 0.6) is 0 Å². The molecule has 5 heteroatoms. The molecule has 0 amide bonds. The Morgan fingerprint density at radius 3 is 2.08 bits per heavy atom. The maximum Gasteiger partial charge on any atom is 0.335 e. The molecule has 126 valence electrons. The normalized spacial score (nSPS) is 16.7. The van der Waals surface area contributed by atoms with Crippen molar-refractivity contribution in [2.75, 3.05) is 26.3 Å². The van der Waals surface area contributed by atoms with Crippen LogP contribution in [0, 0.1) is 0 Å². The third-order valence-corrected chi connectivity index (χ3v) is 4.28. The lowest BCUT2D eigenvalue weighted by molar-refractivity contribution is 0.0342. The number of aromatic carboxylic acids is 1. The monoisotopic (exact) mass is 327 g/mol. The molecule has 1 unspecified atom stereocenters. The number of hydrogen-bond acceptors (Lipinski definition) is 4. The van der Waals surface area contributed by atoms with E-state index >= 15 is 0 Å². The van der Waals surface area contributed by atoms with Crippen LogP contribution in [0.3, 0.4) is 0 Å². The minimum atomic E-state index is -0.969. The fourth-order valence-corrected chi connectivity index (χ4v) is 2.82. The molecular weight excluding hydrogens is 306 g/mol. The molecule has 1 heterocycles. The fraction of sp³-hybridized carbons (Fsp3) is 0.316. The van der Waals surface area contributed by atoms with Gasteiger partial charge in [0.2, 0.25) is 0 Å². The van der Waals surface area contributed by atoms with E-state index in [4.69, 9.17) is 9.84 Å². The summed E-state index contributed by atoms with van der Waals surface area (Å²) in [5, 5.41) is 19.4. The Labute approximate surface area is 141 Å². The van der Waals surface area contributed by atoms with Crippen LogP contribution in [-0.2, 0) is 11.3 Å². The highest BCUT2D eigenvalue weighted by Crippen LogP contribution is 2.23. The Morgan fingerprint density at radius 2 is 1.54 bits per heavy atom. The van der Waals surface area contributed by atoms with Crippen LogP contribution in [-0.4, -0.2) is 47.4 Å². The lowest BCUT2D eigenvalue weighted by atomic mass is 9.99. The third-order valence-electron chi connectivity index (χ3n) is 4.28. The minimum absolute atomic E-state index is 0.215. The van der Waals surface area contributed by atoms with Crippen molar-refractivity contribution in [1.82, 2.24) is 4.90 Å². The number of hydrogen-bond donors (Lipinski definition) is 2. The van der Waals surface area contributed by atoms with Crippen molar-refractivity contribution in [3.8, 4) is 0 Å². The zero-order valence-electron chi connectivity index (χ0n) is 13.4. The van der Waals surface area contributed by atoms with Crippen LogP contribution in [0.25, 0.3) is 0 Å². The van der Waals surface area contributed by atoms with E-state index < -0.39 is 12.1 Å². The zero-order valence-corrected chi connectivity index (χ0v) is 13.4. The van der Waals surface area contributed by atoms with Gasteiger partial charge < -0.3 is 14.9 Å². The number of rotatable bonds is 5. The van der Waals surface area contributed by atoms with Crippen molar-refractivity contribution in [3.63, 3.8) is 0 Å². The van der Waals surface area contributed by atoms with Crippen molar-refractivity contribution >= 4 is 5.97 Å². The summed E-state index contributed by atoms with van der Waals surface area (Å²) in [6.07, 6.45) is -0.759. The number of carboxylic acids is 1. The van der Waals surface area contributed by atoms with Crippen LogP contribution in [0.15, 0.2) is 48.5 Å². The number of aliphatic hydroxyl groups excluding tert-OH is 1. The fourth-order valence-electron chi connectivity index (χ4n) is 2.82. The Morgan fingerprint density at radius 1 is 1.00 bits per heavy atom. The average Bonchev–Trinajstić information content (AvgIpc) is 2.63. The van der Waals surface area contributed by atoms with Gasteiger partial charge in [-0.1, -0.05) is 36.4 Å². The molecule has 2 N–H and O–H groups in total. The number of morpholine rings is 1. The van der Waals surface area contributed by atoms with Crippen LogP contribution >= 0.6 is 0 Å². The van der Waals surface area contributed by atoms with Crippen molar-refractivity contribution in [2.24, 2.45) is 0 Å². The molecule has 0 spiro atoms. The van der Waals surface area contributed by atoms with Crippen LogP contribution in [0.4, 0.5) is 0 Å². The molecule has 0 bridgehead atoms. The van der Waals surface area contributed by atoms with Crippen molar-refractivity contribution < 1.29 is 19.7 Å². The highest BCUT2D eigenvalue weighted by Gasteiger charge is 2.13. The lowest BCUT2D eigenvalue weighted by Gasteiger charge is -2.26. The Bertz CT molecular complexity index is 676. The Kier molecular flexibility index (Phi) is 5.25. The first-order valence-electron chi connectivity index (χ1n) is 8.04. The molecule has 1 atom stereocenters. The molecule has 3 rings (SSSR count). The first-order valence-corrected chi connectivity index (χ1v) is 8.04. The van der Waals surface area contributed by atoms with E-state index in [0.29, 0.717) is 5.56 Å². The van der Waals surface area contributed by atoms with E-state index in [1.165, 1.54) is 17.7 Å². The first kappa shape index (κ1) is 16.6. The highest BCUT2D eigenvalue weighted by atomic mass is 16.5. The van der Waals surface area contributed by atoms with Gasteiger partial charge in [0.05, 0.1) is 18.8 Å². The van der Waals surface area contributed by atoms with E-state index in [-0.39, 0.29) is 5.56 Å². The van der Waals surface area contributed by atoms with Crippen molar-refractivity contribution in [1.29, 1.82) is 0 Å². The van der Waals surface area contributed by atoms with E-state index in [0.717, 1.165) is 38.4 Å². The summed E-state index contributed by atoms with van der Waals surface area (Å²) in [6.45, 7) is 4.33. The summed E-state index contributed by atoms with van der Waals surface area (Å²) in [6, 6.07) is 14.2. The average molecular weight is 327 g/mol. The molecule has 5 nitrogen and oxygen atoms in total. The topological polar surface area (TPSA) is 70.0 Å². The summed E-state index contributed by atoms with van der Waals surface area (Å²) in [5.41, 5.74) is 2.89. The standard InChI is InChI=1S/C19H21NO4/c21-18(16-5-7-17(8-6-16)19(22)23)15-3-1-14(2-4-15)13-20-9-11-24-12-10-20/h1-8,18,21H,9-13H2,(H,22,23). The molecule has 0 aromatic heterocycles. The second kappa shape index (κ2) is 7.57. The first-order chi connectivity index (χ1) is 11.6. The molecule has 0 radical (unpaired) electrons. The lowest BCUT2D eigenvalue weighted by Crippen LogP contribution is -2.35. The van der Waals surface area contributed by atoms with Gasteiger partial charge in [-0.3, -0.25) is 4.90 Å². The van der Waals surface area contributed by atoms with Gasteiger partial charge in [-0.25, -0.2) is 4.79 Å². The number of carbonyl (C=O) groups is 1. The molecule has 0 aliphatic carbocycles. The summed E-state index contributed by atoms with van der Waals surface area (Å²) in [5.74, 6) is -0.969. The maximum absolute atomic E-state index is 10.9. The van der Waals surface area contributed by atoms with E-state index in [2.05, 4.69) is 4.90 Å². The van der Waals surface area contributed by atoms with E-state index in [1.807, 2.05) is 24.3 Å². The van der Waals surface area contributed by atoms with Crippen molar-refractivity contribution in [3.05, 3.63) is 70.8 Å². The molecular formula is C19H21NO4. The third kappa shape index (κ3) is 4.00. The number of benzene rings is 2. The molecule has 2 aromatic rings. The van der Waals surface area contributed by atoms with Crippen LogP contribution < -0.4 is 0 Å². The number of nitrogens with zero attached hydrogens (tertiary/aromatic N) is 1. The molecule has 1 aliphatic rings. The van der Waals surface area contributed by atoms with Crippen molar-refractivity contribution in [2.45, 2.75) is 12.6 Å². The maximum atomic E-state index is 10.9. The Hall–Kier alpha value is -2.21. The summed E-state index contributed by atoms with van der Waals surface area (Å²) in [7, 11) is 0. The summed E-state index contributed by atoms with van der Waals surface area (Å²) in [4.78, 5) is 13.2. The number of ether oxygens (including phenoxy) is 1. The van der Waals surface area contributed by atoms with Gasteiger partial charge in [-0.2, -0.15) is 0 Å². The summed E-state index contributed by atoms with van der Waals surface area (Å²) < 4.78 is 5.35. The van der Waals surface area contributed by atoms with Gasteiger partial charge in [-0.15, -0.1) is 0 Å². The zero-order chi connectivity index (χ0) is 16.9. The number of carboxylic acid groups (broad SMARTS) is 1. The van der Waals surface area contributed by atoms with E-state index in [9.17, 15) is 9.90 Å². The highest BCUT2D eigenvalue weighted by molar-refractivity contribution is 5.87. The second-order valence-corrected chi connectivity index (χ2v) is 5.96. The summed E-state index contributed by atoms with van der Waals surface area (Å²) >= 11 is 0. The van der Waals surface area contributed by atoms with Crippen LogP contribution in [0.1, 0.15) is 33.2 Å². The SMILES string of the molecule is O=C(O)c1ccc(C(O)c2ccc(CN3CCOCC3)cc2)cc1. The molecule has 1 aliphatic heterocycles.